The first kappa shape index (κ1) is 19.9. The monoisotopic (exact) mass is 414 g/mol. The molecule has 2 aromatic carbocycles. The first-order valence-electron chi connectivity index (χ1n) is 10.0. The molecule has 0 saturated carbocycles. The van der Waals surface area contributed by atoms with Crippen molar-refractivity contribution < 1.29 is 17.9 Å². The van der Waals surface area contributed by atoms with Gasteiger partial charge in [-0.2, -0.15) is 4.31 Å². The highest BCUT2D eigenvalue weighted by molar-refractivity contribution is 7.89. The Kier molecular flexibility index (Phi) is 5.36. The van der Waals surface area contributed by atoms with Crippen molar-refractivity contribution in [3.63, 3.8) is 0 Å². The maximum atomic E-state index is 13.0. The van der Waals surface area contributed by atoms with Crippen molar-refractivity contribution in [1.82, 2.24) is 4.31 Å². The van der Waals surface area contributed by atoms with Crippen LogP contribution in [0.1, 0.15) is 36.5 Å². The fraction of sp³-hybridized carbons (Fsp3) is 0.409. The van der Waals surface area contributed by atoms with Crippen LogP contribution in [-0.2, 0) is 27.8 Å². The zero-order valence-electron chi connectivity index (χ0n) is 16.8. The second-order valence-electron chi connectivity index (χ2n) is 7.69. The molecule has 1 amide bonds. The van der Waals surface area contributed by atoms with Crippen molar-refractivity contribution in [3.8, 4) is 0 Å². The van der Waals surface area contributed by atoms with Gasteiger partial charge in [-0.3, -0.25) is 4.90 Å². The predicted molar refractivity (Wildman–Crippen MR) is 111 cm³/mol. The smallest absolute Gasteiger partial charge is 0.414 e. The van der Waals surface area contributed by atoms with Crippen LogP contribution in [-0.4, -0.2) is 37.9 Å². The number of aryl methyl sites for hydroxylation is 2. The van der Waals surface area contributed by atoms with Crippen LogP contribution < -0.4 is 4.90 Å². The molecule has 0 radical (unpaired) electrons. The molecule has 0 bridgehead atoms. The minimum atomic E-state index is -3.52. The van der Waals surface area contributed by atoms with E-state index in [-0.39, 0.29) is 18.7 Å². The van der Waals surface area contributed by atoms with Gasteiger partial charge in [0.2, 0.25) is 10.0 Å². The Balaban J connectivity index is 1.50. The Bertz CT molecular complexity index is 1010. The van der Waals surface area contributed by atoms with Gasteiger partial charge >= 0.3 is 6.09 Å². The van der Waals surface area contributed by atoms with Gasteiger partial charge in [-0.1, -0.05) is 36.8 Å². The summed E-state index contributed by atoms with van der Waals surface area (Å²) in [6.07, 6.45) is 1.68. The van der Waals surface area contributed by atoms with Crippen molar-refractivity contribution in [2.75, 3.05) is 18.0 Å². The number of rotatable bonds is 4. The number of fused-ring (bicyclic) bond motifs is 1. The number of ether oxygens (including phenoxy) is 1. The van der Waals surface area contributed by atoms with Gasteiger partial charge in [0.1, 0.15) is 6.61 Å². The molecule has 6 nitrogen and oxygen atoms in total. The van der Waals surface area contributed by atoms with E-state index in [2.05, 4.69) is 0 Å². The molecule has 2 aromatic rings. The number of amides is 1. The van der Waals surface area contributed by atoms with Crippen LogP contribution >= 0.6 is 0 Å². The molecule has 0 N–H and O–H groups in total. The van der Waals surface area contributed by atoms with Crippen molar-refractivity contribution >= 4 is 21.8 Å². The molecule has 1 fully saturated rings. The normalized spacial score (nSPS) is 18.4. The van der Waals surface area contributed by atoms with Gasteiger partial charge in [0, 0.05) is 24.7 Å². The van der Waals surface area contributed by atoms with Crippen molar-refractivity contribution in [2.24, 2.45) is 0 Å². The van der Waals surface area contributed by atoms with Crippen LogP contribution in [0.15, 0.2) is 47.4 Å². The molecule has 0 unspecified atom stereocenters. The van der Waals surface area contributed by atoms with E-state index >= 15 is 0 Å². The van der Waals surface area contributed by atoms with Crippen LogP contribution in [0.5, 0.6) is 0 Å². The lowest BCUT2D eigenvalue weighted by atomic mass is 10.0. The summed E-state index contributed by atoms with van der Waals surface area (Å²) in [6.45, 7) is 5.10. The predicted octanol–water partition coefficient (Wildman–Crippen LogP) is 3.87. The molecule has 2 aliphatic rings. The molecule has 154 valence electrons. The third kappa shape index (κ3) is 3.76. The summed E-state index contributed by atoms with van der Waals surface area (Å²) >= 11 is 0. The first-order chi connectivity index (χ1) is 13.9. The summed E-state index contributed by atoms with van der Waals surface area (Å²) in [6, 6.07) is 13.0. The quantitative estimate of drug-likeness (QED) is 0.762. The number of sulfonamides is 1. The molecule has 0 atom stereocenters. The zero-order chi connectivity index (χ0) is 20.6. The minimum absolute atomic E-state index is 0.0711. The van der Waals surface area contributed by atoms with Gasteiger partial charge in [0.15, 0.2) is 0 Å². The van der Waals surface area contributed by atoms with E-state index < -0.39 is 10.0 Å². The molecule has 0 spiro atoms. The van der Waals surface area contributed by atoms with E-state index in [4.69, 9.17) is 4.74 Å². The van der Waals surface area contributed by atoms with Crippen LogP contribution in [0, 0.1) is 6.92 Å². The molecule has 0 aromatic heterocycles. The topological polar surface area (TPSA) is 66.9 Å². The third-order valence-corrected chi connectivity index (χ3v) is 7.71. The number of benzene rings is 2. The molecule has 1 saturated heterocycles. The second-order valence-corrected chi connectivity index (χ2v) is 9.63. The van der Waals surface area contributed by atoms with E-state index in [0.717, 1.165) is 28.8 Å². The second kappa shape index (κ2) is 7.80. The Hall–Kier alpha value is -2.38. The highest BCUT2D eigenvalue weighted by Crippen LogP contribution is 2.33. The first-order valence-corrected chi connectivity index (χ1v) is 11.5. The fourth-order valence-electron chi connectivity index (χ4n) is 4.10. The zero-order valence-corrected chi connectivity index (χ0v) is 17.6. The Morgan fingerprint density at radius 2 is 1.76 bits per heavy atom. The maximum Gasteiger partial charge on any atom is 0.414 e. The van der Waals surface area contributed by atoms with E-state index in [0.29, 0.717) is 30.8 Å². The average molecular weight is 415 g/mol. The number of carbonyl (C=O) groups excluding carboxylic acids is 1. The number of carbonyl (C=O) groups is 1. The molecular weight excluding hydrogens is 388 g/mol. The van der Waals surface area contributed by atoms with Gasteiger partial charge in [0.25, 0.3) is 0 Å². The van der Waals surface area contributed by atoms with Gasteiger partial charge < -0.3 is 4.74 Å². The number of nitrogens with zero attached hydrogens (tertiary/aromatic N) is 2. The number of cyclic esters (lactones) is 1. The minimum Gasteiger partial charge on any atom is -0.444 e. The third-order valence-electron chi connectivity index (χ3n) is 5.80. The molecule has 7 heteroatoms. The SMILES string of the molecule is CCc1ccc(S(=O)(=O)N2CCC(N3C(=O)OCc4cc(C)ccc43)CC2)cc1. The number of piperidine rings is 1. The number of hydrogen-bond donors (Lipinski definition) is 0. The van der Waals surface area contributed by atoms with E-state index in [1.54, 1.807) is 17.0 Å². The summed E-state index contributed by atoms with van der Waals surface area (Å²) in [5, 5.41) is 0. The Labute approximate surface area is 172 Å². The molecule has 4 rings (SSSR count). The largest absolute Gasteiger partial charge is 0.444 e. The molecule has 2 heterocycles. The van der Waals surface area contributed by atoms with Crippen LogP contribution in [0.4, 0.5) is 10.5 Å². The van der Waals surface area contributed by atoms with Crippen molar-refractivity contribution in [3.05, 3.63) is 59.2 Å². The van der Waals surface area contributed by atoms with Crippen LogP contribution in [0.25, 0.3) is 0 Å². The van der Waals surface area contributed by atoms with E-state index in [1.165, 1.54) is 4.31 Å². The van der Waals surface area contributed by atoms with Gasteiger partial charge in [-0.15, -0.1) is 0 Å². The average Bonchev–Trinajstić information content (AvgIpc) is 2.74. The Morgan fingerprint density at radius 1 is 1.07 bits per heavy atom. The van der Waals surface area contributed by atoms with E-state index in [9.17, 15) is 13.2 Å². The summed E-state index contributed by atoms with van der Waals surface area (Å²) < 4.78 is 32.9. The highest BCUT2D eigenvalue weighted by atomic mass is 32.2. The van der Waals surface area contributed by atoms with Crippen LogP contribution in [0.2, 0.25) is 0 Å². The Morgan fingerprint density at radius 3 is 2.41 bits per heavy atom. The summed E-state index contributed by atoms with van der Waals surface area (Å²) in [7, 11) is -3.52. The van der Waals surface area contributed by atoms with Crippen molar-refractivity contribution in [2.45, 2.75) is 50.7 Å². The highest BCUT2D eigenvalue weighted by Gasteiger charge is 2.37. The fourth-order valence-corrected chi connectivity index (χ4v) is 5.57. The lowest BCUT2D eigenvalue weighted by Crippen LogP contribution is -2.50. The summed E-state index contributed by atoms with van der Waals surface area (Å²) in [5.41, 5.74) is 4.11. The maximum absolute atomic E-state index is 13.0. The van der Waals surface area contributed by atoms with Crippen LogP contribution in [0.3, 0.4) is 0 Å². The molecule has 2 aliphatic heterocycles. The molecule has 29 heavy (non-hydrogen) atoms. The van der Waals surface area contributed by atoms with Gasteiger partial charge in [0.05, 0.1) is 10.6 Å². The van der Waals surface area contributed by atoms with Gasteiger partial charge in [-0.25, -0.2) is 13.2 Å². The lowest BCUT2D eigenvalue weighted by molar-refractivity contribution is 0.135. The van der Waals surface area contributed by atoms with Gasteiger partial charge in [-0.05, 0) is 49.9 Å². The van der Waals surface area contributed by atoms with Crippen molar-refractivity contribution in [1.29, 1.82) is 0 Å². The number of anilines is 1. The summed E-state index contributed by atoms with van der Waals surface area (Å²) in [4.78, 5) is 14.5. The molecule has 0 aliphatic carbocycles. The molecular formula is C22H26N2O4S. The van der Waals surface area contributed by atoms with E-state index in [1.807, 2.05) is 44.2 Å². The summed E-state index contributed by atoms with van der Waals surface area (Å²) in [5.74, 6) is 0. The standard InChI is InChI=1S/C22H26N2O4S/c1-3-17-5-7-20(8-6-17)29(26,27)23-12-10-19(11-13-23)24-21-9-4-16(2)14-18(21)15-28-22(24)25/h4-9,14,19H,3,10-13,15H2,1-2H3. The lowest BCUT2D eigenvalue weighted by Gasteiger charge is -2.39. The number of hydrogen-bond acceptors (Lipinski definition) is 4.